The van der Waals surface area contributed by atoms with Gasteiger partial charge in [0.2, 0.25) is 5.89 Å². The summed E-state index contributed by atoms with van der Waals surface area (Å²) in [6.07, 6.45) is 3.57. The molecule has 0 aromatic carbocycles. The second-order valence-electron chi connectivity index (χ2n) is 3.84. The smallest absolute Gasteiger partial charge is 0.317 e. The van der Waals surface area contributed by atoms with Gasteiger partial charge in [-0.15, -0.1) is 5.10 Å². The van der Waals surface area contributed by atoms with E-state index in [2.05, 4.69) is 17.1 Å². The van der Waals surface area contributed by atoms with Crippen LogP contribution in [-0.4, -0.2) is 23.8 Å². The topological polar surface area (TPSA) is 68.2 Å². The lowest BCUT2D eigenvalue weighted by molar-refractivity contribution is 0.459. The summed E-state index contributed by atoms with van der Waals surface area (Å²) in [5.74, 6) is 0.493. The van der Waals surface area contributed by atoms with Gasteiger partial charge in [0.05, 0.1) is 6.04 Å². The molecule has 0 fully saturated rings. The van der Waals surface area contributed by atoms with E-state index in [1.54, 1.807) is 0 Å². The highest BCUT2D eigenvalue weighted by molar-refractivity contribution is 5.21. The van der Waals surface area contributed by atoms with Crippen molar-refractivity contribution in [1.82, 2.24) is 10.2 Å². The van der Waals surface area contributed by atoms with E-state index in [0.717, 1.165) is 13.0 Å². The third-order valence-corrected chi connectivity index (χ3v) is 2.24. The van der Waals surface area contributed by atoms with E-state index < -0.39 is 0 Å². The molecule has 15 heavy (non-hydrogen) atoms. The Morgan fingerprint density at radius 2 is 2.13 bits per heavy atom. The van der Waals surface area contributed by atoms with Crippen molar-refractivity contribution in [2.45, 2.75) is 39.2 Å². The zero-order valence-electron chi connectivity index (χ0n) is 9.73. The molecule has 86 valence electrons. The number of hydrogen-bond donors (Lipinski definition) is 1. The Kier molecular flexibility index (Phi) is 4.55. The standard InChI is InChI=1S/C10H20N4O/c1-4-5-6-7-14(3)10-13-12-9(15-10)8(2)11/h8H,4-7,11H2,1-3H3. The minimum Gasteiger partial charge on any atom is -0.406 e. The lowest BCUT2D eigenvalue weighted by Crippen LogP contribution is -2.18. The lowest BCUT2D eigenvalue weighted by atomic mass is 10.2. The monoisotopic (exact) mass is 212 g/mol. The van der Waals surface area contributed by atoms with Crippen molar-refractivity contribution in [1.29, 1.82) is 0 Å². The summed E-state index contributed by atoms with van der Waals surface area (Å²) in [5, 5.41) is 7.83. The summed E-state index contributed by atoms with van der Waals surface area (Å²) >= 11 is 0. The molecule has 0 amide bonds. The molecule has 5 heteroatoms. The first-order valence-corrected chi connectivity index (χ1v) is 5.45. The maximum Gasteiger partial charge on any atom is 0.317 e. The highest BCUT2D eigenvalue weighted by Gasteiger charge is 2.12. The fourth-order valence-corrected chi connectivity index (χ4v) is 1.26. The average Bonchev–Trinajstić information content (AvgIpc) is 2.66. The Morgan fingerprint density at radius 3 is 2.67 bits per heavy atom. The second-order valence-corrected chi connectivity index (χ2v) is 3.84. The normalized spacial score (nSPS) is 12.8. The molecule has 1 aromatic rings. The van der Waals surface area contributed by atoms with Crippen molar-refractivity contribution in [3.05, 3.63) is 5.89 Å². The molecule has 2 N–H and O–H groups in total. The van der Waals surface area contributed by atoms with Crippen molar-refractivity contribution >= 4 is 6.01 Å². The van der Waals surface area contributed by atoms with Crippen LogP contribution in [0.1, 0.15) is 45.0 Å². The quantitative estimate of drug-likeness (QED) is 0.727. The maximum absolute atomic E-state index is 5.63. The van der Waals surface area contributed by atoms with Crippen molar-refractivity contribution in [3.8, 4) is 0 Å². The Balaban J connectivity index is 2.47. The van der Waals surface area contributed by atoms with Crippen LogP contribution in [0, 0.1) is 0 Å². The first-order chi connectivity index (χ1) is 7.15. The molecule has 0 saturated heterocycles. The number of aromatic nitrogens is 2. The summed E-state index contributed by atoms with van der Waals surface area (Å²) in [6, 6.07) is 0.355. The van der Waals surface area contributed by atoms with Gasteiger partial charge in [-0.3, -0.25) is 0 Å². The van der Waals surface area contributed by atoms with Crippen LogP contribution in [0.3, 0.4) is 0 Å². The van der Waals surface area contributed by atoms with Crippen molar-refractivity contribution in [2.24, 2.45) is 5.73 Å². The van der Waals surface area contributed by atoms with Crippen LogP contribution in [0.5, 0.6) is 0 Å². The van der Waals surface area contributed by atoms with E-state index in [1.807, 2.05) is 18.9 Å². The molecule has 1 heterocycles. The largest absolute Gasteiger partial charge is 0.406 e. The first kappa shape index (κ1) is 12.0. The molecule has 5 nitrogen and oxygen atoms in total. The van der Waals surface area contributed by atoms with Crippen LogP contribution in [0.4, 0.5) is 6.01 Å². The minimum absolute atomic E-state index is 0.199. The lowest BCUT2D eigenvalue weighted by Gasteiger charge is -2.12. The van der Waals surface area contributed by atoms with Crippen molar-refractivity contribution in [2.75, 3.05) is 18.5 Å². The van der Waals surface area contributed by atoms with E-state index in [-0.39, 0.29) is 6.04 Å². The van der Waals surface area contributed by atoms with Gasteiger partial charge >= 0.3 is 6.01 Å². The van der Waals surface area contributed by atoms with Crippen LogP contribution in [0.15, 0.2) is 4.42 Å². The zero-order valence-corrected chi connectivity index (χ0v) is 9.73. The van der Waals surface area contributed by atoms with Crippen molar-refractivity contribution < 1.29 is 4.42 Å². The number of nitrogens with zero attached hydrogens (tertiary/aromatic N) is 3. The molecular weight excluding hydrogens is 192 g/mol. The highest BCUT2D eigenvalue weighted by Crippen LogP contribution is 2.14. The zero-order chi connectivity index (χ0) is 11.3. The SMILES string of the molecule is CCCCCN(C)c1nnc(C(C)N)o1. The van der Waals surface area contributed by atoms with Gasteiger partial charge in [0, 0.05) is 13.6 Å². The van der Waals surface area contributed by atoms with Crippen LogP contribution < -0.4 is 10.6 Å². The number of nitrogens with two attached hydrogens (primary N) is 1. The average molecular weight is 212 g/mol. The molecule has 0 bridgehead atoms. The number of hydrogen-bond acceptors (Lipinski definition) is 5. The van der Waals surface area contributed by atoms with Gasteiger partial charge < -0.3 is 15.1 Å². The number of rotatable bonds is 6. The molecule has 1 rings (SSSR count). The van der Waals surface area contributed by atoms with E-state index >= 15 is 0 Å². The van der Waals surface area contributed by atoms with Gasteiger partial charge in [-0.25, -0.2) is 0 Å². The molecule has 0 aliphatic heterocycles. The Labute approximate surface area is 90.7 Å². The fourth-order valence-electron chi connectivity index (χ4n) is 1.26. The van der Waals surface area contributed by atoms with E-state index in [1.165, 1.54) is 12.8 Å². The summed E-state index contributed by atoms with van der Waals surface area (Å²) in [4.78, 5) is 1.97. The molecule has 0 spiro atoms. The Morgan fingerprint density at radius 1 is 1.40 bits per heavy atom. The van der Waals surface area contributed by atoms with E-state index in [4.69, 9.17) is 10.2 Å². The van der Waals surface area contributed by atoms with Gasteiger partial charge in [0.15, 0.2) is 0 Å². The van der Waals surface area contributed by atoms with Gasteiger partial charge in [0.1, 0.15) is 0 Å². The molecule has 0 saturated carbocycles. The third-order valence-electron chi connectivity index (χ3n) is 2.24. The van der Waals surface area contributed by atoms with Crippen LogP contribution >= 0.6 is 0 Å². The molecule has 1 aromatic heterocycles. The van der Waals surface area contributed by atoms with Crippen LogP contribution in [0.2, 0.25) is 0 Å². The highest BCUT2D eigenvalue weighted by atomic mass is 16.4. The molecule has 0 aliphatic rings. The van der Waals surface area contributed by atoms with Gasteiger partial charge in [-0.2, -0.15) is 0 Å². The summed E-state index contributed by atoms with van der Waals surface area (Å²) < 4.78 is 5.42. The predicted molar refractivity (Wildman–Crippen MR) is 59.7 cm³/mol. The van der Waals surface area contributed by atoms with Crippen LogP contribution in [-0.2, 0) is 0 Å². The Hall–Kier alpha value is -1.10. The van der Waals surface area contributed by atoms with E-state index in [0.29, 0.717) is 11.9 Å². The summed E-state index contributed by atoms with van der Waals surface area (Å²) in [7, 11) is 1.95. The van der Waals surface area contributed by atoms with Gasteiger partial charge in [-0.1, -0.05) is 24.9 Å². The van der Waals surface area contributed by atoms with E-state index in [9.17, 15) is 0 Å². The maximum atomic E-state index is 5.63. The fraction of sp³-hybridized carbons (Fsp3) is 0.800. The molecule has 0 aliphatic carbocycles. The Bertz CT molecular complexity index is 285. The third kappa shape index (κ3) is 3.51. The van der Waals surface area contributed by atoms with Gasteiger partial charge in [-0.05, 0) is 13.3 Å². The van der Waals surface area contributed by atoms with Crippen molar-refractivity contribution in [3.63, 3.8) is 0 Å². The predicted octanol–water partition coefficient (Wildman–Crippen LogP) is 1.72. The summed E-state index contributed by atoms with van der Waals surface area (Å²) in [5.41, 5.74) is 5.63. The minimum atomic E-state index is -0.199. The number of unbranched alkanes of at least 4 members (excludes halogenated alkanes) is 2. The van der Waals surface area contributed by atoms with Crippen LogP contribution in [0.25, 0.3) is 0 Å². The first-order valence-electron chi connectivity index (χ1n) is 5.45. The summed E-state index contributed by atoms with van der Waals surface area (Å²) in [6.45, 7) is 4.95. The number of anilines is 1. The molecule has 1 unspecified atom stereocenters. The van der Waals surface area contributed by atoms with Gasteiger partial charge in [0.25, 0.3) is 0 Å². The second kappa shape index (κ2) is 5.70. The molecule has 1 atom stereocenters. The molecular formula is C10H20N4O. The molecule has 0 radical (unpaired) electrons.